The molecule has 2 rings (SSSR count). The van der Waals surface area contributed by atoms with Crippen LogP contribution in [-0.2, 0) is 19.7 Å². The van der Waals surface area contributed by atoms with Crippen molar-refractivity contribution < 1.29 is 14.3 Å². The van der Waals surface area contributed by atoms with Crippen molar-refractivity contribution >= 4 is 11.9 Å². The summed E-state index contributed by atoms with van der Waals surface area (Å²) in [7, 11) is 0. The van der Waals surface area contributed by atoms with Gasteiger partial charge in [0.1, 0.15) is 5.41 Å². The first kappa shape index (κ1) is 12.6. The number of hydrogen-bond donors (Lipinski definition) is 1. The highest BCUT2D eigenvalue weighted by Crippen LogP contribution is 2.35. The molecule has 0 spiro atoms. The molecule has 1 aliphatic heterocycles. The molecule has 1 amide bonds. The standard InChI is InChI=1S/C14H17NO3/c1-2-18-13(17)14(8-9-15-12(16)10-14)11-6-4-3-5-7-11/h3-7H,2,8-10H2,1H3,(H,15,16). The van der Waals surface area contributed by atoms with Crippen LogP contribution >= 0.6 is 0 Å². The second-order valence-corrected chi connectivity index (χ2v) is 4.45. The molecule has 1 aromatic rings. The number of rotatable bonds is 3. The lowest BCUT2D eigenvalue weighted by Gasteiger charge is -2.34. The third-order valence-electron chi connectivity index (χ3n) is 3.33. The highest BCUT2D eigenvalue weighted by atomic mass is 16.5. The van der Waals surface area contributed by atoms with E-state index in [0.717, 1.165) is 5.56 Å². The van der Waals surface area contributed by atoms with Gasteiger partial charge in [-0.15, -0.1) is 0 Å². The van der Waals surface area contributed by atoms with E-state index in [1.165, 1.54) is 0 Å². The number of carbonyl (C=O) groups is 2. The average molecular weight is 247 g/mol. The van der Waals surface area contributed by atoms with Crippen molar-refractivity contribution in [3.63, 3.8) is 0 Å². The molecule has 0 aliphatic carbocycles. The molecule has 4 nitrogen and oxygen atoms in total. The van der Waals surface area contributed by atoms with Gasteiger partial charge < -0.3 is 10.1 Å². The number of nitrogens with one attached hydrogen (secondary N) is 1. The zero-order valence-corrected chi connectivity index (χ0v) is 10.4. The molecule has 1 unspecified atom stereocenters. The van der Waals surface area contributed by atoms with Gasteiger partial charge in [-0.2, -0.15) is 0 Å². The molecule has 1 N–H and O–H groups in total. The quantitative estimate of drug-likeness (QED) is 0.821. The Morgan fingerprint density at radius 1 is 1.39 bits per heavy atom. The SMILES string of the molecule is CCOC(=O)C1(c2ccccc2)CCNC(=O)C1. The van der Waals surface area contributed by atoms with Gasteiger partial charge >= 0.3 is 5.97 Å². The number of amides is 1. The minimum Gasteiger partial charge on any atom is -0.465 e. The minimum absolute atomic E-state index is 0.0989. The van der Waals surface area contributed by atoms with Crippen molar-refractivity contribution in [2.45, 2.75) is 25.2 Å². The first-order valence-electron chi connectivity index (χ1n) is 6.18. The second-order valence-electron chi connectivity index (χ2n) is 4.45. The van der Waals surface area contributed by atoms with Gasteiger partial charge in [0.25, 0.3) is 0 Å². The van der Waals surface area contributed by atoms with E-state index in [-0.39, 0.29) is 18.3 Å². The Balaban J connectivity index is 2.39. The van der Waals surface area contributed by atoms with Gasteiger partial charge in [0.15, 0.2) is 0 Å². The van der Waals surface area contributed by atoms with Gasteiger partial charge in [-0.25, -0.2) is 0 Å². The van der Waals surface area contributed by atoms with Crippen molar-refractivity contribution in [2.75, 3.05) is 13.2 Å². The molecule has 1 atom stereocenters. The van der Waals surface area contributed by atoms with E-state index in [1.54, 1.807) is 6.92 Å². The largest absolute Gasteiger partial charge is 0.465 e. The molecule has 1 heterocycles. The maximum Gasteiger partial charge on any atom is 0.317 e. The normalized spacial score (nSPS) is 23.3. The van der Waals surface area contributed by atoms with E-state index in [9.17, 15) is 9.59 Å². The summed E-state index contributed by atoms with van der Waals surface area (Å²) >= 11 is 0. The molecule has 96 valence electrons. The molecule has 1 fully saturated rings. The van der Waals surface area contributed by atoms with E-state index < -0.39 is 5.41 Å². The fourth-order valence-corrected chi connectivity index (χ4v) is 2.41. The first-order chi connectivity index (χ1) is 8.69. The molecule has 18 heavy (non-hydrogen) atoms. The molecular weight excluding hydrogens is 230 g/mol. The average Bonchev–Trinajstić information content (AvgIpc) is 2.40. The smallest absolute Gasteiger partial charge is 0.317 e. The summed E-state index contributed by atoms with van der Waals surface area (Å²) in [4.78, 5) is 23.9. The van der Waals surface area contributed by atoms with Crippen molar-refractivity contribution in [1.82, 2.24) is 5.32 Å². The van der Waals surface area contributed by atoms with Gasteiger partial charge in [0.2, 0.25) is 5.91 Å². The molecule has 0 radical (unpaired) electrons. The van der Waals surface area contributed by atoms with Gasteiger partial charge in [-0.05, 0) is 18.9 Å². The number of hydrogen-bond acceptors (Lipinski definition) is 3. The third kappa shape index (κ3) is 2.23. The Labute approximate surface area is 106 Å². The van der Waals surface area contributed by atoms with Crippen LogP contribution in [-0.4, -0.2) is 25.0 Å². The summed E-state index contributed by atoms with van der Waals surface area (Å²) in [6.07, 6.45) is 0.747. The number of carbonyl (C=O) groups excluding carboxylic acids is 2. The lowest BCUT2D eigenvalue weighted by Crippen LogP contribution is -2.49. The number of piperidine rings is 1. The Hall–Kier alpha value is -1.84. The number of benzene rings is 1. The van der Waals surface area contributed by atoms with Crippen LogP contribution in [0.1, 0.15) is 25.3 Å². The monoisotopic (exact) mass is 247 g/mol. The Morgan fingerprint density at radius 3 is 2.72 bits per heavy atom. The van der Waals surface area contributed by atoms with Crippen LogP contribution in [0.2, 0.25) is 0 Å². The van der Waals surface area contributed by atoms with Gasteiger partial charge in [0, 0.05) is 13.0 Å². The van der Waals surface area contributed by atoms with Gasteiger partial charge in [-0.1, -0.05) is 30.3 Å². The van der Waals surface area contributed by atoms with Crippen molar-refractivity contribution in [2.24, 2.45) is 0 Å². The molecule has 1 aliphatic rings. The van der Waals surface area contributed by atoms with Gasteiger partial charge in [0.05, 0.1) is 6.61 Å². The van der Waals surface area contributed by atoms with Crippen LogP contribution in [0.3, 0.4) is 0 Å². The van der Waals surface area contributed by atoms with Crippen LogP contribution in [0.4, 0.5) is 0 Å². The van der Waals surface area contributed by atoms with E-state index in [4.69, 9.17) is 4.74 Å². The van der Waals surface area contributed by atoms with E-state index in [2.05, 4.69) is 5.32 Å². The lowest BCUT2D eigenvalue weighted by molar-refractivity contribution is -0.153. The summed E-state index contributed by atoms with van der Waals surface area (Å²) in [5.74, 6) is -0.399. The van der Waals surface area contributed by atoms with Gasteiger partial charge in [-0.3, -0.25) is 9.59 Å². The fourth-order valence-electron chi connectivity index (χ4n) is 2.41. The van der Waals surface area contributed by atoms with Crippen molar-refractivity contribution in [3.05, 3.63) is 35.9 Å². The summed E-state index contributed by atoms with van der Waals surface area (Å²) < 4.78 is 5.17. The lowest BCUT2D eigenvalue weighted by atomic mass is 9.73. The Kier molecular flexibility index (Phi) is 3.65. The fraction of sp³-hybridized carbons (Fsp3) is 0.429. The minimum atomic E-state index is -0.820. The topological polar surface area (TPSA) is 55.4 Å². The van der Waals surface area contributed by atoms with Crippen LogP contribution in [0.25, 0.3) is 0 Å². The highest BCUT2D eigenvalue weighted by Gasteiger charge is 2.45. The summed E-state index contributed by atoms with van der Waals surface area (Å²) in [5.41, 5.74) is 0.0397. The Bertz CT molecular complexity index is 444. The maximum absolute atomic E-state index is 12.3. The van der Waals surface area contributed by atoms with Crippen LogP contribution in [0.5, 0.6) is 0 Å². The first-order valence-corrected chi connectivity index (χ1v) is 6.18. The molecular formula is C14H17NO3. The summed E-state index contributed by atoms with van der Waals surface area (Å²) in [6, 6.07) is 9.42. The predicted molar refractivity (Wildman–Crippen MR) is 67.0 cm³/mol. The molecule has 1 saturated heterocycles. The van der Waals surface area contributed by atoms with E-state index in [1.807, 2.05) is 30.3 Å². The Morgan fingerprint density at radius 2 is 2.11 bits per heavy atom. The van der Waals surface area contributed by atoms with Crippen molar-refractivity contribution in [1.29, 1.82) is 0 Å². The predicted octanol–water partition coefficient (Wildman–Crippen LogP) is 1.40. The molecule has 0 aromatic heterocycles. The molecule has 0 saturated carbocycles. The van der Waals surface area contributed by atoms with Crippen LogP contribution < -0.4 is 5.32 Å². The third-order valence-corrected chi connectivity index (χ3v) is 3.33. The molecule has 1 aromatic carbocycles. The summed E-state index contributed by atoms with van der Waals surface area (Å²) in [6.45, 7) is 2.61. The zero-order valence-electron chi connectivity index (χ0n) is 10.4. The van der Waals surface area contributed by atoms with E-state index in [0.29, 0.717) is 19.6 Å². The number of ether oxygens (including phenoxy) is 1. The molecule has 0 bridgehead atoms. The zero-order chi connectivity index (χ0) is 13.0. The van der Waals surface area contributed by atoms with Crippen LogP contribution in [0.15, 0.2) is 30.3 Å². The highest BCUT2D eigenvalue weighted by molar-refractivity contribution is 5.91. The van der Waals surface area contributed by atoms with E-state index >= 15 is 0 Å². The summed E-state index contributed by atoms with van der Waals surface area (Å²) in [5, 5.41) is 2.76. The molecule has 4 heteroatoms. The second kappa shape index (κ2) is 5.21. The maximum atomic E-state index is 12.3. The van der Waals surface area contributed by atoms with Crippen LogP contribution in [0, 0.1) is 0 Å². The number of esters is 1. The van der Waals surface area contributed by atoms with Crippen molar-refractivity contribution in [3.8, 4) is 0 Å².